The predicted octanol–water partition coefficient (Wildman–Crippen LogP) is 2.26. The number of benzene rings is 2. The van der Waals surface area contributed by atoms with Crippen LogP contribution >= 0.6 is 0 Å². The first-order valence-corrected chi connectivity index (χ1v) is 9.54. The van der Waals surface area contributed by atoms with Crippen molar-refractivity contribution in [2.24, 2.45) is 4.99 Å². The molecule has 2 aromatic rings. The Hall–Kier alpha value is -3.35. The van der Waals surface area contributed by atoms with Gasteiger partial charge in [-0.25, -0.2) is 0 Å². The predicted molar refractivity (Wildman–Crippen MR) is 109 cm³/mol. The molecule has 7 nitrogen and oxygen atoms in total. The number of carbonyl (C=O) groups is 2. The number of aliphatic imine (C=N–C) groups is 1. The third-order valence-corrected chi connectivity index (χ3v) is 5.45. The quantitative estimate of drug-likeness (QED) is 0.864. The Morgan fingerprint density at radius 2 is 1.72 bits per heavy atom. The van der Waals surface area contributed by atoms with E-state index in [9.17, 15) is 9.59 Å². The van der Waals surface area contributed by atoms with Crippen molar-refractivity contribution < 1.29 is 19.1 Å². The second-order valence-electron chi connectivity index (χ2n) is 7.20. The van der Waals surface area contributed by atoms with Crippen LogP contribution < -0.4 is 14.8 Å². The van der Waals surface area contributed by atoms with Gasteiger partial charge in [-0.15, -0.1) is 0 Å². The average molecular weight is 393 g/mol. The van der Waals surface area contributed by atoms with Crippen molar-refractivity contribution in [2.45, 2.75) is 18.5 Å². The summed E-state index contributed by atoms with van der Waals surface area (Å²) in [6, 6.07) is 14.4. The van der Waals surface area contributed by atoms with E-state index < -0.39 is 5.66 Å². The number of likely N-dealkylation sites (tertiary alicyclic amines) is 1. The van der Waals surface area contributed by atoms with Gasteiger partial charge in [0.25, 0.3) is 11.8 Å². The van der Waals surface area contributed by atoms with Gasteiger partial charge in [0.2, 0.25) is 0 Å². The molecular weight excluding hydrogens is 370 g/mol. The third kappa shape index (κ3) is 3.68. The zero-order chi connectivity index (χ0) is 20.4. The third-order valence-electron chi connectivity index (χ3n) is 5.45. The molecule has 0 bridgehead atoms. The summed E-state index contributed by atoms with van der Waals surface area (Å²) in [6.45, 7) is 1.06. The molecule has 2 amide bonds. The lowest BCUT2D eigenvalue weighted by molar-refractivity contribution is -0.115. The molecule has 2 heterocycles. The lowest BCUT2D eigenvalue weighted by Crippen LogP contribution is -2.52. The van der Waals surface area contributed by atoms with Crippen molar-refractivity contribution in [3.8, 4) is 11.5 Å². The number of hydrogen-bond donors (Lipinski definition) is 1. The van der Waals surface area contributed by atoms with Gasteiger partial charge in [-0.3, -0.25) is 14.6 Å². The van der Waals surface area contributed by atoms with Gasteiger partial charge in [-0.1, -0.05) is 12.1 Å². The van der Waals surface area contributed by atoms with Crippen LogP contribution in [0.1, 0.15) is 28.8 Å². The Morgan fingerprint density at radius 1 is 1.03 bits per heavy atom. The maximum Gasteiger partial charge on any atom is 0.272 e. The number of ether oxygens (including phenoxy) is 2. The SMILES string of the molecule is COc1ccc(C(=O)N2CCC3(CC2)N=C(c2cccc(OC)c2)C(=O)N3)cc1. The fourth-order valence-corrected chi connectivity index (χ4v) is 3.76. The monoisotopic (exact) mass is 393 g/mol. The van der Waals surface area contributed by atoms with E-state index in [4.69, 9.17) is 14.5 Å². The molecule has 150 valence electrons. The van der Waals surface area contributed by atoms with Crippen molar-refractivity contribution in [2.75, 3.05) is 27.3 Å². The van der Waals surface area contributed by atoms with Gasteiger partial charge in [-0.05, 0) is 36.4 Å². The van der Waals surface area contributed by atoms with Crippen LogP contribution in [0.15, 0.2) is 53.5 Å². The lowest BCUT2D eigenvalue weighted by Gasteiger charge is -2.37. The summed E-state index contributed by atoms with van der Waals surface area (Å²) in [5.41, 5.74) is 1.12. The number of amides is 2. The maximum atomic E-state index is 12.8. The van der Waals surface area contributed by atoms with Crippen molar-refractivity contribution in [3.63, 3.8) is 0 Å². The van der Waals surface area contributed by atoms with Crippen LogP contribution in [-0.4, -0.2) is 55.4 Å². The van der Waals surface area contributed by atoms with Gasteiger partial charge in [0, 0.05) is 37.1 Å². The van der Waals surface area contributed by atoms with E-state index in [0.29, 0.717) is 48.7 Å². The second-order valence-corrected chi connectivity index (χ2v) is 7.20. The summed E-state index contributed by atoms with van der Waals surface area (Å²) in [5, 5.41) is 3.03. The molecule has 0 atom stereocenters. The first-order chi connectivity index (χ1) is 14.0. The van der Waals surface area contributed by atoms with Gasteiger partial charge < -0.3 is 19.7 Å². The molecular formula is C22H23N3O4. The molecule has 2 aliphatic rings. The summed E-state index contributed by atoms with van der Waals surface area (Å²) >= 11 is 0. The van der Waals surface area contributed by atoms with Crippen molar-refractivity contribution in [1.82, 2.24) is 10.2 Å². The summed E-state index contributed by atoms with van der Waals surface area (Å²) in [4.78, 5) is 31.9. The van der Waals surface area contributed by atoms with Crippen LogP contribution in [0.2, 0.25) is 0 Å². The molecule has 1 saturated heterocycles. The Balaban J connectivity index is 1.47. The molecule has 1 fully saturated rings. The average Bonchev–Trinajstić information content (AvgIpc) is 3.09. The Bertz CT molecular complexity index is 960. The lowest BCUT2D eigenvalue weighted by atomic mass is 9.97. The second kappa shape index (κ2) is 7.58. The molecule has 0 radical (unpaired) electrons. The van der Waals surface area contributed by atoms with Gasteiger partial charge in [0.15, 0.2) is 0 Å². The molecule has 0 unspecified atom stereocenters. The number of carbonyl (C=O) groups excluding carboxylic acids is 2. The summed E-state index contributed by atoms with van der Waals surface area (Å²) in [5.74, 6) is 1.18. The molecule has 2 aromatic carbocycles. The minimum atomic E-state index is -0.647. The number of rotatable bonds is 4. The van der Waals surface area contributed by atoms with Crippen LogP contribution in [0.25, 0.3) is 0 Å². The van der Waals surface area contributed by atoms with E-state index in [-0.39, 0.29) is 11.8 Å². The molecule has 7 heteroatoms. The Kier molecular flexibility index (Phi) is 4.96. The highest BCUT2D eigenvalue weighted by Gasteiger charge is 2.43. The first kappa shape index (κ1) is 19.0. The maximum absolute atomic E-state index is 12.8. The van der Waals surface area contributed by atoms with Crippen LogP contribution in [0, 0.1) is 0 Å². The van der Waals surface area contributed by atoms with Crippen molar-refractivity contribution >= 4 is 17.5 Å². The van der Waals surface area contributed by atoms with E-state index in [0.717, 1.165) is 5.56 Å². The van der Waals surface area contributed by atoms with Gasteiger partial charge in [0.05, 0.1) is 14.2 Å². The normalized spacial score (nSPS) is 17.7. The summed E-state index contributed by atoms with van der Waals surface area (Å²) < 4.78 is 10.4. The van der Waals surface area contributed by atoms with E-state index in [1.807, 2.05) is 18.2 Å². The highest BCUT2D eigenvalue weighted by atomic mass is 16.5. The minimum absolute atomic E-state index is 0.0242. The largest absolute Gasteiger partial charge is 0.497 e. The minimum Gasteiger partial charge on any atom is -0.497 e. The van der Waals surface area contributed by atoms with E-state index >= 15 is 0 Å². The number of hydrogen-bond acceptors (Lipinski definition) is 5. The van der Waals surface area contributed by atoms with Crippen LogP contribution in [0.5, 0.6) is 11.5 Å². The number of nitrogens with one attached hydrogen (secondary N) is 1. The molecule has 1 spiro atoms. The highest BCUT2D eigenvalue weighted by Crippen LogP contribution is 2.30. The summed E-state index contributed by atoms with van der Waals surface area (Å²) in [6.07, 6.45) is 1.15. The standard InChI is InChI=1S/C22H23N3O4/c1-28-17-8-6-15(7-9-17)21(27)25-12-10-22(11-13-25)23-19(20(26)24-22)16-4-3-5-18(14-16)29-2/h3-9,14H,10-13H2,1-2H3,(H,24,26). The number of nitrogens with zero attached hydrogens (tertiary/aromatic N) is 2. The zero-order valence-electron chi connectivity index (χ0n) is 16.5. The van der Waals surface area contributed by atoms with Crippen LogP contribution in [0.3, 0.4) is 0 Å². The van der Waals surface area contributed by atoms with Crippen molar-refractivity contribution in [3.05, 3.63) is 59.7 Å². The Labute approximate surface area is 169 Å². The van der Waals surface area contributed by atoms with E-state index in [1.165, 1.54) is 0 Å². The topological polar surface area (TPSA) is 80.2 Å². The first-order valence-electron chi connectivity index (χ1n) is 9.54. The fourth-order valence-electron chi connectivity index (χ4n) is 3.76. The molecule has 1 N–H and O–H groups in total. The van der Waals surface area contributed by atoms with Crippen LogP contribution in [0.4, 0.5) is 0 Å². The molecule has 0 saturated carbocycles. The van der Waals surface area contributed by atoms with Gasteiger partial charge in [-0.2, -0.15) is 0 Å². The van der Waals surface area contributed by atoms with Gasteiger partial charge >= 0.3 is 0 Å². The smallest absolute Gasteiger partial charge is 0.272 e. The van der Waals surface area contributed by atoms with Crippen LogP contribution in [-0.2, 0) is 4.79 Å². The molecule has 0 aliphatic carbocycles. The van der Waals surface area contributed by atoms with E-state index in [2.05, 4.69) is 5.32 Å². The Morgan fingerprint density at radius 3 is 2.38 bits per heavy atom. The highest BCUT2D eigenvalue weighted by molar-refractivity contribution is 6.46. The fraction of sp³-hybridized carbons (Fsp3) is 0.318. The van der Waals surface area contributed by atoms with Gasteiger partial charge in [0.1, 0.15) is 22.9 Å². The molecule has 2 aliphatic heterocycles. The molecule has 4 rings (SSSR count). The van der Waals surface area contributed by atoms with Crippen molar-refractivity contribution in [1.29, 1.82) is 0 Å². The number of piperidine rings is 1. The van der Waals surface area contributed by atoms with E-state index in [1.54, 1.807) is 49.5 Å². The number of methoxy groups -OCH3 is 2. The zero-order valence-corrected chi connectivity index (χ0v) is 16.5. The summed E-state index contributed by atoms with van der Waals surface area (Å²) in [7, 11) is 3.18. The molecule has 29 heavy (non-hydrogen) atoms. The molecule has 0 aromatic heterocycles.